The van der Waals surface area contributed by atoms with Gasteiger partial charge in [-0.05, 0) is 64.1 Å². The van der Waals surface area contributed by atoms with Crippen LogP contribution in [0.1, 0.15) is 67.4 Å². The zero-order chi connectivity index (χ0) is 48.1. The van der Waals surface area contributed by atoms with Crippen LogP contribution in [0.25, 0.3) is 0 Å². The van der Waals surface area contributed by atoms with E-state index < -0.39 is 27.4 Å². The van der Waals surface area contributed by atoms with Crippen molar-refractivity contribution in [1.29, 1.82) is 0 Å². The Hall–Kier alpha value is -6.26. The van der Waals surface area contributed by atoms with Crippen molar-refractivity contribution in [3.05, 3.63) is 77.4 Å². The number of methoxy groups -OCH3 is 1. The molecule has 4 heterocycles. The van der Waals surface area contributed by atoms with Crippen LogP contribution in [0.2, 0.25) is 0 Å². The number of carbonyl (C=O) groups is 3. The topological polar surface area (TPSA) is 211 Å². The molecule has 2 aliphatic rings. The molecule has 3 amide bonds. The molecule has 6 rings (SSSR count). The number of sulfone groups is 1. The van der Waals surface area contributed by atoms with Gasteiger partial charge in [-0.3, -0.25) is 14.4 Å². The van der Waals surface area contributed by atoms with Gasteiger partial charge in [0.15, 0.2) is 33.0 Å². The molecule has 0 aliphatic carbocycles. The summed E-state index contributed by atoms with van der Waals surface area (Å²) in [5.41, 5.74) is 1.10. The van der Waals surface area contributed by atoms with Crippen LogP contribution >= 0.6 is 0 Å². The molecule has 0 spiro atoms. The predicted molar refractivity (Wildman–Crippen MR) is 232 cm³/mol. The zero-order valence-corrected chi connectivity index (χ0v) is 38.9. The molecule has 2 aromatic carbocycles. The molecule has 0 N–H and O–H groups in total. The van der Waals surface area contributed by atoms with E-state index in [9.17, 15) is 31.6 Å². The number of piperidine rings is 2. The third-order valence-corrected chi connectivity index (χ3v) is 11.5. The first-order valence-electron chi connectivity index (χ1n) is 21.0. The van der Waals surface area contributed by atoms with Crippen LogP contribution in [0.15, 0.2) is 53.9 Å². The van der Waals surface area contributed by atoms with E-state index in [2.05, 4.69) is 19.9 Å². The van der Waals surface area contributed by atoms with Crippen LogP contribution in [0.5, 0.6) is 35.0 Å². The average molecular weight is 944 g/mol. The quantitative estimate of drug-likeness (QED) is 0.120. The molecule has 22 heteroatoms. The van der Waals surface area contributed by atoms with Gasteiger partial charge in [-0.15, -0.1) is 0 Å². The van der Waals surface area contributed by atoms with Gasteiger partial charge in [0.2, 0.25) is 29.4 Å². The first-order valence-corrected chi connectivity index (χ1v) is 22.9. The summed E-state index contributed by atoms with van der Waals surface area (Å²) in [6.07, 6.45) is 5.65. The van der Waals surface area contributed by atoms with Crippen molar-refractivity contribution in [1.82, 2.24) is 34.8 Å². The highest BCUT2D eigenvalue weighted by Gasteiger charge is 2.28. The summed E-state index contributed by atoms with van der Waals surface area (Å²) in [5, 5.41) is 0.991. The fourth-order valence-corrected chi connectivity index (χ4v) is 7.22. The van der Waals surface area contributed by atoms with Crippen molar-refractivity contribution in [3.8, 4) is 35.0 Å². The largest absolute Gasteiger partial charge is 0.474 e. The summed E-state index contributed by atoms with van der Waals surface area (Å²) in [4.78, 5) is 60.9. The van der Waals surface area contributed by atoms with E-state index in [1.165, 1.54) is 51.1 Å². The second-order valence-electron chi connectivity index (χ2n) is 15.6. The Morgan fingerprint density at radius 2 is 1.24 bits per heavy atom. The number of aromatic nitrogens is 4. The molecule has 2 saturated heterocycles. The summed E-state index contributed by atoms with van der Waals surface area (Å²) in [5.74, 6) is -1.36. The molecular weight excluding hydrogens is 889 g/mol. The second kappa shape index (κ2) is 23.3. The summed E-state index contributed by atoms with van der Waals surface area (Å²) in [6, 6.07) is 7.26. The Labute approximate surface area is 382 Å². The molecule has 19 nitrogen and oxygen atoms in total. The lowest BCUT2D eigenvalue weighted by molar-refractivity contribution is -0.133. The average Bonchev–Trinajstić information content (AvgIpc) is 3.29. The van der Waals surface area contributed by atoms with Crippen LogP contribution < -0.4 is 18.9 Å². The summed E-state index contributed by atoms with van der Waals surface area (Å²) < 4.78 is 85.5. The monoisotopic (exact) mass is 943 g/mol. The lowest BCUT2D eigenvalue weighted by Crippen LogP contribution is -2.42. The molecule has 2 aromatic heterocycles. The number of halogens is 2. The molecular formula is C44H55F2N7O12S. The van der Waals surface area contributed by atoms with Gasteiger partial charge < -0.3 is 38.2 Å². The third-order valence-electron chi connectivity index (χ3n) is 10.4. The maximum atomic E-state index is 14.6. The zero-order valence-electron chi connectivity index (χ0n) is 38.1. The van der Waals surface area contributed by atoms with E-state index in [1.54, 1.807) is 30.8 Å². The van der Waals surface area contributed by atoms with Crippen molar-refractivity contribution in [2.24, 2.45) is 0 Å². The van der Waals surface area contributed by atoms with Gasteiger partial charge >= 0.3 is 6.09 Å². The Morgan fingerprint density at radius 3 is 1.70 bits per heavy atom. The number of hydrogen-bond acceptors (Lipinski definition) is 16. The van der Waals surface area contributed by atoms with Gasteiger partial charge in [-0.2, -0.15) is 0 Å². The fraction of sp³-hybridized carbons (Fsp3) is 0.477. The third kappa shape index (κ3) is 13.9. The Bertz CT molecular complexity index is 2430. The normalized spacial score (nSPS) is 14.5. The molecule has 0 unspecified atom stereocenters. The maximum absolute atomic E-state index is 14.6. The van der Waals surface area contributed by atoms with Gasteiger partial charge in [0.05, 0.1) is 42.3 Å². The van der Waals surface area contributed by atoms with E-state index >= 15 is 0 Å². The maximum Gasteiger partial charge on any atom is 0.410 e. The smallest absolute Gasteiger partial charge is 0.410 e. The molecule has 358 valence electrons. The summed E-state index contributed by atoms with van der Waals surface area (Å²) >= 11 is 0. The number of carbonyl (C=O) groups excluding carboxylic acids is 3. The SMILES string of the molecule is COCCC(=O)N1CCC(Oc2ncnc(Oc3ccc(S(C)(=O)=O)cc3F)c2C)CC1.CON(C)C(=O)c1ccc(Oc2ncnc(OC3CCN(C(=O)OC(C)C)CC3)c2C)c(F)c1. The molecule has 2 aliphatic heterocycles. The van der Waals surface area contributed by atoms with E-state index in [-0.39, 0.29) is 64.0 Å². The van der Waals surface area contributed by atoms with E-state index in [0.717, 1.165) is 23.5 Å². The number of benzene rings is 2. The van der Waals surface area contributed by atoms with Crippen molar-refractivity contribution in [3.63, 3.8) is 0 Å². The van der Waals surface area contributed by atoms with Gasteiger partial charge in [0.1, 0.15) is 24.9 Å². The van der Waals surface area contributed by atoms with E-state index in [4.69, 9.17) is 33.3 Å². The van der Waals surface area contributed by atoms with Crippen LogP contribution in [-0.4, -0.2) is 140 Å². The van der Waals surface area contributed by atoms with E-state index in [0.29, 0.717) is 87.8 Å². The number of rotatable bonds is 15. The predicted octanol–water partition coefficient (Wildman–Crippen LogP) is 6.26. The van der Waals surface area contributed by atoms with Gasteiger partial charge in [0, 0.05) is 77.8 Å². The molecule has 66 heavy (non-hydrogen) atoms. The van der Waals surface area contributed by atoms with Crippen molar-refractivity contribution < 1.29 is 64.8 Å². The number of hydrogen-bond donors (Lipinski definition) is 0. The number of likely N-dealkylation sites (tertiary alicyclic amines) is 2. The van der Waals surface area contributed by atoms with Gasteiger partial charge in [0.25, 0.3) is 5.91 Å². The first kappa shape index (κ1) is 50.7. The molecule has 2 fully saturated rings. The number of hydroxylamine groups is 2. The first-order chi connectivity index (χ1) is 31.4. The number of ether oxygens (including phenoxy) is 6. The van der Waals surface area contributed by atoms with Crippen molar-refractivity contribution in [2.45, 2.75) is 83.0 Å². The summed E-state index contributed by atoms with van der Waals surface area (Å²) in [7, 11) is 0.800. The minimum Gasteiger partial charge on any atom is -0.474 e. The van der Waals surface area contributed by atoms with E-state index in [1.807, 2.05) is 13.8 Å². The van der Waals surface area contributed by atoms with Crippen molar-refractivity contribution >= 4 is 27.7 Å². The van der Waals surface area contributed by atoms with Crippen LogP contribution in [0, 0.1) is 25.5 Å². The van der Waals surface area contributed by atoms with Gasteiger partial charge in [-0.1, -0.05) is 0 Å². The Morgan fingerprint density at radius 1 is 0.758 bits per heavy atom. The standard InChI is InChI=1S/C23H29FN4O6.C21H26FN3O6S/c1-14(2)32-23(30)28-10-8-17(9-11-28)33-20-15(3)21(26-13-25-20)34-19-7-6-16(12-18(19)24)22(29)27(4)31-5;1-14-20(30-15-6-9-25(10-7-15)19(26)8-11-29-2)23-13-24-21(14)31-18-5-4-16(12-17(18)22)32(3,27)28/h6-7,12-14,17H,8-11H2,1-5H3;4-5,12-13,15H,6-11H2,1-3H3. The molecule has 0 atom stereocenters. The minimum atomic E-state index is -3.53. The highest BCUT2D eigenvalue weighted by Crippen LogP contribution is 2.33. The molecule has 0 saturated carbocycles. The van der Waals surface area contributed by atoms with Gasteiger partial charge in [-0.25, -0.2) is 47.0 Å². The molecule has 0 radical (unpaired) electrons. The number of nitrogens with zero attached hydrogens (tertiary/aromatic N) is 7. The minimum absolute atomic E-state index is 0.0584. The lowest BCUT2D eigenvalue weighted by atomic mass is 10.1. The Balaban J connectivity index is 0.000000248. The lowest BCUT2D eigenvalue weighted by Gasteiger charge is -2.32. The van der Waals surface area contributed by atoms with Crippen LogP contribution in [0.3, 0.4) is 0 Å². The second-order valence-corrected chi connectivity index (χ2v) is 17.6. The van der Waals surface area contributed by atoms with Crippen LogP contribution in [-0.2, 0) is 28.9 Å². The highest BCUT2D eigenvalue weighted by molar-refractivity contribution is 7.90. The van der Waals surface area contributed by atoms with Crippen LogP contribution in [0.4, 0.5) is 13.6 Å². The molecule has 4 aromatic rings. The summed E-state index contributed by atoms with van der Waals surface area (Å²) in [6.45, 7) is 9.61. The highest BCUT2D eigenvalue weighted by atomic mass is 32.2. The van der Waals surface area contributed by atoms with Crippen molar-refractivity contribution in [2.75, 3.05) is 60.3 Å². The Kier molecular flexibility index (Phi) is 17.9. The fourth-order valence-electron chi connectivity index (χ4n) is 6.58. The number of amides is 3. The molecule has 0 bridgehead atoms.